The van der Waals surface area contributed by atoms with E-state index in [0.29, 0.717) is 12.2 Å². The largest absolute Gasteiger partial charge is 0.493 e. The van der Waals surface area contributed by atoms with E-state index in [-0.39, 0.29) is 0 Å². The van der Waals surface area contributed by atoms with E-state index in [1.54, 1.807) is 35.2 Å². The minimum Gasteiger partial charge on any atom is -0.493 e. The number of aromatic nitrogens is 3. The van der Waals surface area contributed by atoms with Crippen LogP contribution in [0.15, 0.2) is 46.9 Å². The predicted molar refractivity (Wildman–Crippen MR) is 96.4 cm³/mol. The Morgan fingerprint density at radius 3 is 2.75 bits per heavy atom. The summed E-state index contributed by atoms with van der Waals surface area (Å²) >= 11 is 3.30. The summed E-state index contributed by atoms with van der Waals surface area (Å²) in [5.41, 5.74) is 0.633. The van der Waals surface area contributed by atoms with Crippen molar-refractivity contribution in [3.8, 4) is 22.5 Å². The molecule has 0 aliphatic heterocycles. The molecule has 7 heteroatoms. The fourth-order valence-corrected chi connectivity index (χ4v) is 3.72. The van der Waals surface area contributed by atoms with E-state index >= 15 is 0 Å². The first-order chi connectivity index (χ1) is 11.8. The number of hydrogen-bond acceptors (Lipinski definition) is 6. The van der Waals surface area contributed by atoms with Crippen LogP contribution in [0.25, 0.3) is 10.7 Å². The predicted octanol–water partition coefficient (Wildman–Crippen LogP) is 4.07. The van der Waals surface area contributed by atoms with Gasteiger partial charge in [-0.1, -0.05) is 17.8 Å². The second-order valence-electron chi connectivity index (χ2n) is 4.86. The third-order valence-electron chi connectivity index (χ3n) is 3.34. The van der Waals surface area contributed by atoms with Crippen molar-refractivity contribution in [1.29, 1.82) is 5.26 Å². The molecule has 3 aromatic rings. The Balaban J connectivity index is 1.56. The molecule has 5 nitrogen and oxygen atoms in total. The summed E-state index contributed by atoms with van der Waals surface area (Å²) in [7, 11) is 0. The highest BCUT2D eigenvalue weighted by Crippen LogP contribution is 2.27. The number of hydrogen-bond donors (Lipinski definition) is 0. The minimum absolute atomic E-state index is 0.571. The van der Waals surface area contributed by atoms with Crippen molar-refractivity contribution in [2.45, 2.75) is 18.6 Å². The summed E-state index contributed by atoms with van der Waals surface area (Å²) in [4.78, 5) is 1.13. The van der Waals surface area contributed by atoms with Crippen LogP contribution in [0, 0.1) is 11.3 Å². The molecule has 3 rings (SSSR count). The van der Waals surface area contributed by atoms with Gasteiger partial charge >= 0.3 is 0 Å². The number of thiophene rings is 1. The van der Waals surface area contributed by atoms with Crippen molar-refractivity contribution >= 4 is 23.1 Å². The van der Waals surface area contributed by atoms with Crippen LogP contribution in [0.3, 0.4) is 0 Å². The molecule has 0 radical (unpaired) electrons. The molecule has 0 N–H and O–H groups in total. The number of benzene rings is 1. The van der Waals surface area contributed by atoms with Crippen LogP contribution in [0.4, 0.5) is 0 Å². The summed E-state index contributed by atoms with van der Waals surface area (Å²) in [5, 5.41) is 20.3. The van der Waals surface area contributed by atoms with Crippen LogP contribution >= 0.6 is 23.1 Å². The van der Waals surface area contributed by atoms with Crippen molar-refractivity contribution in [2.75, 3.05) is 12.4 Å². The molecule has 0 atom stereocenters. The van der Waals surface area contributed by atoms with Gasteiger partial charge < -0.3 is 9.30 Å². The number of thioether (sulfide) groups is 1. The molecule has 2 aromatic heterocycles. The van der Waals surface area contributed by atoms with E-state index in [2.05, 4.69) is 33.8 Å². The average molecular weight is 356 g/mol. The zero-order valence-electron chi connectivity index (χ0n) is 13.2. The molecule has 24 heavy (non-hydrogen) atoms. The molecule has 0 amide bonds. The zero-order valence-corrected chi connectivity index (χ0v) is 14.8. The molecule has 0 aliphatic carbocycles. The van der Waals surface area contributed by atoms with E-state index in [1.807, 2.05) is 23.6 Å². The average Bonchev–Trinajstić information content (AvgIpc) is 3.28. The topological polar surface area (TPSA) is 63.7 Å². The molecule has 0 saturated heterocycles. The SMILES string of the molecule is CCn1c(SCCOc2ccc(C#N)cc2)nnc1-c1cccs1. The highest BCUT2D eigenvalue weighted by molar-refractivity contribution is 7.99. The van der Waals surface area contributed by atoms with Gasteiger partial charge in [0.2, 0.25) is 0 Å². The van der Waals surface area contributed by atoms with Crippen LogP contribution < -0.4 is 4.74 Å². The zero-order chi connectivity index (χ0) is 16.8. The van der Waals surface area contributed by atoms with Crippen molar-refractivity contribution in [1.82, 2.24) is 14.8 Å². The molecule has 0 spiro atoms. The second kappa shape index (κ2) is 7.99. The molecule has 122 valence electrons. The van der Waals surface area contributed by atoms with Crippen LogP contribution in [-0.4, -0.2) is 27.1 Å². The Kier molecular flexibility index (Phi) is 5.51. The lowest BCUT2D eigenvalue weighted by Crippen LogP contribution is -2.03. The summed E-state index contributed by atoms with van der Waals surface area (Å²) in [6.45, 7) is 3.50. The van der Waals surface area contributed by atoms with E-state index in [1.165, 1.54) is 0 Å². The molecule has 0 bridgehead atoms. The van der Waals surface area contributed by atoms with Gasteiger partial charge in [0.05, 0.1) is 23.1 Å². The van der Waals surface area contributed by atoms with Crippen LogP contribution in [0.1, 0.15) is 12.5 Å². The Morgan fingerprint density at radius 2 is 2.08 bits per heavy atom. The number of rotatable bonds is 7. The Bertz CT molecular complexity index is 819. The lowest BCUT2D eigenvalue weighted by Gasteiger charge is -2.07. The van der Waals surface area contributed by atoms with Gasteiger partial charge in [0, 0.05) is 12.3 Å². The Labute approximate surface area is 148 Å². The van der Waals surface area contributed by atoms with Crippen LogP contribution in [0.5, 0.6) is 5.75 Å². The van der Waals surface area contributed by atoms with Crippen molar-refractivity contribution < 1.29 is 4.74 Å². The monoisotopic (exact) mass is 356 g/mol. The van der Waals surface area contributed by atoms with E-state index in [9.17, 15) is 0 Å². The van der Waals surface area contributed by atoms with Gasteiger partial charge in [-0.2, -0.15) is 5.26 Å². The molecular formula is C17H16N4OS2. The molecular weight excluding hydrogens is 340 g/mol. The maximum atomic E-state index is 8.78. The van der Waals surface area contributed by atoms with E-state index < -0.39 is 0 Å². The Morgan fingerprint density at radius 1 is 1.25 bits per heavy atom. The van der Waals surface area contributed by atoms with Gasteiger partial charge in [-0.25, -0.2) is 0 Å². The molecule has 2 heterocycles. The molecule has 0 fully saturated rings. The lowest BCUT2D eigenvalue weighted by molar-refractivity contribution is 0.344. The highest BCUT2D eigenvalue weighted by Gasteiger charge is 2.13. The molecule has 0 saturated carbocycles. The third kappa shape index (κ3) is 3.78. The molecule has 1 aromatic carbocycles. The molecule has 0 unspecified atom stereocenters. The third-order valence-corrected chi connectivity index (χ3v) is 5.14. The number of nitriles is 1. The van der Waals surface area contributed by atoms with Gasteiger partial charge in [0.25, 0.3) is 0 Å². The maximum absolute atomic E-state index is 8.78. The van der Waals surface area contributed by atoms with Gasteiger partial charge in [-0.05, 0) is 42.6 Å². The van der Waals surface area contributed by atoms with E-state index in [4.69, 9.17) is 10.00 Å². The fourth-order valence-electron chi connectivity index (χ4n) is 2.19. The summed E-state index contributed by atoms with van der Waals surface area (Å²) in [6.07, 6.45) is 0. The van der Waals surface area contributed by atoms with Crippen LogP contribution in [-0.2, 0) is 6.54 Å². The summed E-state index contributed by atoms with van der Waals surface area (Å²) in [6, 6.07) is 13.3. The maximum Gasteiger partial charge on any atom is 0.191 e. The standard InChI is InChI=1S/C17H16N4OS2/c1-2-21-16(15-4-3-10-23-15)19-20-17(21)24-11-9-22-14-7-5-13(12-18)6-8-14/h3-8,10H,2,9,11H2,1H3. The van der Waals surface area contributed by atoms with Crippen molar-refractivity contribution in [3.63, 3.8) is 0 Å². The fraction of sp³-hybridized carbons (Fsp3) is 0.235. The number of nitrogens with zero attached hydrogens (tertiary/aromatic N) is 4. The summed E-state index contributed by atoms with van der Waals surface area (Å²) < 4.78 is 7.82. The first-order valence-electron chi connectivity index (χ1n) is 7.54. The van der Waals surface area contributed by atoms with Crippen molar-refractivity contribution in [3.05, 3.63) is 47.3 Å². The van der Waals surface area contributed by atoms with Gasteiger partial charge in [0.1, 0.15) is 5.75 Å². The van der Waals surface area contributed by atoms with Crippen LogP contribution in [0.2, 0.25) is 0 Å². The Hall–Kier alpha value is -2.30. The lowest BCUT2D eigenvalue weighted by atomic mass is 10.2. The highest BCUT2D eigenvalue weighted by atomic mass is 32.2. The molecule has 0 aliphatic rings. The first kappa shape index (κ1) is 16.6. The van der Waals surface area contributed by atoms with Gasteiger partial charge in [-0.3, -0.25) is 0 Å². The van der Waals surface area contributed by atoms with Crippen molar-refractivity contribution in [2.24, 2.45) is 0 Å². The summed E-state index contributed by atoms with van der Waals surface area (Å²) in [5.74, 6) is 2.47. The minimum atomic E-state index is 0.571. The quantitative estimate of drug-likeness (QED) is 0.472. The number of ether oxygens (including phenoxy) is 1. The smallest absolute Gasteiger partial charge is 0.191 e. The van der Waals surface area contributed by atoms with Gasteiger partial charge in [-0.15, -0.1) is 21.5 Å². The first-order valence-corrected chi connectivity index (χ1v) is 9.41. The second-order valence-corrected chi connectivity index (χ2v) is 6.87. The normalized spacial score (nSPS) is 10.5. The van der Waals surface area contributed by atoms with Gasteiger partial charge in [0.15, 0.2) is 11.0 Å². The van der Waals surface area contributed by atoms with E-state index in [0.717, 1.165) is 33.9 Å².